The number of aliphatic hydroxyl groups is 1. The Labute approximate surface area is 101 Å². The van der Waals surface area contributed by atoms with E-state index in [0.29, 0.717) is 0 Å². The Kier molecular flexibility index (Phi) is 7.09. The quantitative estimate of drug-likeness (QED) is 0.487. The lowest BCUT2D eigenvalue weighted by molar-refractivity contribution is 0.285. The fourth-order valence-electron chi connectivity index (χ4n) is 1.03. The molecule has 1 rings (SSSR count). The Morgan fingerprint density at radius 2 is 1.88 bits per heavy atom. The molecule has 0 spiro atoms. The van der Waals surface area contributed by atoms with Gasteiger partial charge in [0.2, 0.25) is 0 Å². The minimum Gasteiger partial charge on any atom is -0.396 e. The summed E-state index contributed by atoms with van der Waals surface area (Å²) in [7, 11) is 0. The summed E-state index contributed by atoms with van der Waals surface area (Å²) in [6.45, 7) is 0.247. The van der Waals surface area contributed by atoms with Crippen LogP contribution >= 0.6 is 11.8 Å². The normalized spacial score (nSPS) is 8.56. The third-order valence-corrected chi connectivity index (χ3v) is 2.54. The van der Waals surface area contributed by atoms with Crippen LogP contribution in [0.1, 0.15) is 19.3 Å². The summed E-state index contributed by atoms with van der Waals surface area (Å²) in [6.07, 6.45) is 2.57. The van der Waals surface area contributed by atoms with Crippen LogP contribution in [0.15, 0.2) is 35.2 Å². The minimum absolute atomic E-state index is 0.247. The lowest BCUT2D eigenvalue weighted by atomic mass is 10.2. The van der Waals surface area contributed by atoms with Crippen molar-refractivity contribution >= 4 is 11.8 Å². The first-order chi connectivity index (χ1) is 7.93. The predicted molar refractivity (Wildman–Crippen MR) is 68.8 cm³/mol. The third kappa shape index (κ3) is 6.19. The molecule has 0 amide bonds. The molecule has 2 heteroatoms. The van der Waals surface area contributed by atoms with Gasteiger partial charge in [-0.25, -0.2) is 0 Å². The summed E-state index contributed by atoms with van der Waals surface area (Å²) in [5, 5.41) is 11.5. The summed E-state index contributed by atoms with van der Waals surface area (Å²) >= 11 is 1.49. The first-order valence-corrected chi connectivity index (χ1v) is 6.06. The van der Waals surface area contributed by atoms with Crippen molar-refractivity contribution in [1.82, 2.24) is 0 Å². The number of aliphatic hydroxyl groups excluding tert-OH is 1. The summed E-state index contributed by atoms with van der Waals surface area (Å²) in [4.78, 5) is 1.14. The van der Waals surface area contributed by atoms with E-state index in [1.54, 1.807) is 0 Å². The fraction of sp³-hybridized carbons (Fsp3) is 0.286. The van der Waals surface area contributed by atoms with Gasteiger partial charge in [0.1, 0.15) is 0 Å². The number of benzene rings is 1. The fourth-order valence-corrected chi connectivity index (χ4v) is 1.54. The predicted octanol–water partition coefficient (Wildman–Crippen LogP) is 2.91. The Balaban J connectivity index is 2.23. The smallest absolute Gasteiger partial charge is 0.0431 e. The number of thioether (sulfide) groups is 1. The standard InChI is InChI=1S/C14H14OS/c15-12-8-3-1-2-4-9-13-16-14-10-6-5-7-11-14/h5-7,10-11,15H,1,3,8,12H2. The van der Waals surface area contributed by atoms with Gasteiger partial charge in [-0.1, -0.05) is 24.1 Å². The van der Waals surface area contributed by atoms with E-state index < -0.39 is 0 Å². The van der Waals surface area contributed by atoms with E-state index in [-0.39, 0.29) is 6.61 Å². The maximum absolute atomic E-state index is 8.55. The topological polar surface area (TPSA) is 20.2 Å². The molecule has 0 saturated heterocycles. The first kappa shape index (κ1) is 12.7. The molecule has 1 aromatic carbocycles. The zero-order chi connectivity index (χ0) is 11.5. The van der Waals surface area contributed by atoms with Gasteiger partial charge in [0, 0.05) is 17.9 Å². The highest BCUT2D eigenvalue weighted by molar-refractivity contribution is 8.03. The van der Waals surface area contributed by atoms with Crippen molar-refractivity contribution < 1.29 is 5.11 Å². The SMILES string of the molecule is OCCCCC#CC#CSc1ccccc1. The lowest BCUT2D eigenvalue weighted by Crippen LogP contribution is -1.80. The monoisotopic (exact) mass is 230 g/mol. The van der Waals surface area contributed by atoms with Gasteiger partial charge in [-0.05, 0) is 53.8 Å². The maximum atomic E-state index is 8.55. The molecule has 1 nitrogen and oxygen atoms in total. The molecule has 16 heavy (non-hydrogen) atoms. The second kappa shape index (κ2) is 8.92. The van der Waals surface area contributed by atoms with Crippen LogP contribution in [0.3, 0.4) is 0 Å². The highest BCUT2D eigenvalue weighted by Crippen LogP contribution is 2.14. The molecule has 0 unspecified atom stereocenters. The number of hydrogen-bond donors (Lipinski definition) is 1. The van der Waals surface area contributed by atoms with Gasteiger partial charge in [-0.3, -0.25) is 0 Å². The molecule has 82 valence electrons. The number of rotatable bonds is 4. The summed E-state index contributed by atoms with van der Waals surface area (Å²) in [6, 6.07) is 10.0. The van der Waals surface area contributed by atoms with Gasteiger partial charge in [0.05, 0.1) is 0 Å². The lowest BCUT2D eigenvalue weighted by Gasteiger charge is -1.89. The molecular weight excluding hydrogens is 216 g/mol. The van der Waals surface area contributed by atoms with Gasteiger partial charge in [0.15, 0.2) is 0 Å². The van der Waals surface area contributed by atoms with E-state index in [0.717, 1.165) is 24.2 Å². The minimum atomic E-state index is 0.247. The van der Waals surface area contributed by atoms with Crippen molar-refractivity contribution in [3.63, 3.8) is 0 Å². The average Bonchev–Trinajstić information content (AvgIpc) is 2.34. The van der Waals surface area contributed by atoms with Crippen molar-refractivity contribution in [1.29, 1.82) is 0 Å². The van der Waals surface area contributed by atoms with Gasteiger partial charge in [-0.15, -0.1) is 0 Å². The van der Waals surface area contributed by atoms with E-state index >= 15 is 0 Å². The molecule has 0 fully saturated rings. The Morgan fingerprint density at radius 3 is 2.62 bits per heavy atom. The molecule has 0 radical (unpaired) electrons. The van der Waals surface area contributed by atoms with Crippen molar-refractivity contribution in [2.24, 2.45) is 0 Å². The molecule has 0 saturated carbocycles. The van der Waals surface area contributed by atoms with Crippen LogP contribution < -0.4 is 0 Å². The van der Waals surface area contributed by atoms with E-state index in [4.69, 9.17) is 5.11 Å². The zero-order valence-electron chi connectivity index (χ0n) is 9.07. The van der Waals surface area contributed by atoms with Crippen molar-refractivity contribution in [3.8, 4) is 23.0 Å². The second-order valence-electron chi connectivity index (χ2n) is 3.12. The van der Waals surface area contributed by atoms with E-state index in [1.807, 2.05) is 30.3 Å². The van der Waals surface area contributed by atoms with Crippen molar-refractivity contribution in [3.05, 3.63) is 30.3 Å². The van der Waals surface area contributed by atoms with Crippen LogP contribution in [0.2, 0.25) is 0 Å². The molecule has 1 N–H and O–H groups in total. The van der Waals surface area contributed by atoms with Crippen LogP contribution in [0.25, 0.3) is 0 Å². The molecule has 1 aromatic rings. The first-order valence-electron chi connectivity index (χ1n) is 5.24. The molecule has 0 aliphatic rings. The highest BCUT2D eigenvalue weighted by atomic mass is 32.2. The molecular formula is C14H14OS. The molecule has 0 heterocycles. The van der Waals surface area contributed by atoms with E-state index in [9.17, 15) is 0 Å². The highest BCUT2D eigenvalue weighted by Gasteiger charge is 1.85. The van der Waals surface area contributed by atoms with Gasteiger partial charge in [0.25, 0.3) is 0 Å². The molecule has 0 bridgehead atoms. The van der Waals surface area contributed by atoms with Gasteiger partial charge >= 0.3 is 0 Å². The number of unbranched alkanes of at least 4 members (excludes halogenated alkanes) is 2. The van der Waals surface area contributed by atoms with Crippen molar-refractivity contribution in [2.75, 3.05) is 6.61 Å². The Bertz CT molecular complexity index is 403. The summed E-state index contributed by atoms with van der Waals surface area (Å²) in [5.74, 6) is 8.56. The van der Waals surface area contributed by atoms with Crippen LogP contribution in [-0.2, 0) is 0 Å². The Morgan fingerprint density at radius 1 is 1.06 bits per heavy atom. The zero-order valence-corrected chi connectivity index (χ0v) is 9.89. The molecule has 0 aliphatic heterocycles. The average molecular weight is 230 g/mol. The van der Waals surface area contributed by atoms with Crippen LogP contribution in [-0.4, -0.2) is 11.7 Å². The second-order valence-corrected chi connectivity index (χ2v) is 4.00. The largest absolute Gasteiger partial charge is 0.396 e. The van der Waals surface area contributed by atoms with E-state index in [1.165, 1.54) is 11.8 Å². The van der Waals surface area contributed by atoms with Crippen LogP contribution in [0, 0.1) is 23.0 Å². The van der Waals surface area contributed by atoms with Gasteiger partial charge < -0.3 is 5.11 Å². The molecule has 0 aliphatic carbocycles. The summed E-state index contributed by atoms with van der Waals surface area (Å²) in [5.41, 5.74) is 0. The molecule has 0 atom stereocenters. The van der Waals surface area contributed by atoms with Crippen molar-refractivity contribution in [2.45, 2.75) is 24.2 Å². The Hall–Kier alpha value is -1.35. The van der Waals surface area contributed by atoms with E-state index in [2.05, 4.69) is 23.0 Å². The van der Waals surface area contributed by atoms with Gasteiger partial charge in [-0.2, -0.15) is 0 Å². The third-order valence-electron chi connectivity index (χ3n) is 1.82. The summed E-state index contributed by atoms with van der Waals surface area (Å²) < 4.78 is 0. The van der Waals surface area contributed by atoms with Crippen LogP contribution in [0.5, 0.6) is 0 Å². The maximum Gasteiger partial charge on any atom is 0.0431 e. The number of hydrogen-bond acceptors (Lipinski definition) is 2. The molecule has 0 aromatic heterocycles. The van der Waals surface area contributed by atoms with Crippen LogP contribution in [0.4, 0.5) is 0 Å².